The number of carbonyl (C=O) groups excluding carboxylic acids is 1. The number of nitrogens with one attached hydrogen (secondary N) is 1. The molecule has 1 heterocycles. The monoisotopic (exact) mass is 221 g/mol. The van der Waals surface area contributed by atoms with E-state index in [1.54, 1.807) is 12.1 Å². The van der Waals surface area contributed by atoms with Gasteiger partial charge in [0, 0.05) is 6.04 Å². The second-order valence-electron chi connectivity index (χ2n) is 4.07. The van der Waals surface area contributed by atoms with Crippen LogP contribution in [0, 0.1) is 5.92 Å². The molecule has 16 heavy (non-hydrogen) atoms. The maximum absolute atomic E-state index is 11.1. The molecule has 0 aromatic carbocycles. The van der Waals surface area contributed by atoms with Crippen molar-refractivity contribution in [3.8, 4) is 0 Å². The summed E-state index contributed by atoms with van der Waals surface area (Å²) < 4.78 is 4.54. The molecule has 1 aliphatic rings. The first-order valence-corrected chi connectivity index (χ1v) is 5.39. The van der Waals surface area contributed by atoms with E-state index in [9.17, 15) is 4.79 Å². The molecule has 5 heteroatoms. The quantitative estimate of drug-likeness (QED) is 0.780. The van der Waals surface area contributed by atoms with Crippen LogP contribution in [0.2, 0.25) is 0 Å². The number of carbonyl (C=O) groups is 1. The molecule has 1 aromatic heterocycles. The maximum Gasteiger partial charge on any atom is 0.358 e. The first-order valence-electron chi connectivity index (χ1n) is 5.39. The van der Waals surface area contributed by atoms with Crippen LogP contribution in [0.4, 0.5) is 5.82 Å². The molecule has 0 aliphatic heterocycles. The molecule has 0 amide bonds. The van der Waals surface area contributed by atoms with Crippen molar-refractivity contribution in [3.05, 3.63) is 17.8 Å². The second-order valence-corrected chi connectivity index (χ2v) is 4.07. The highest BCUT2D eigenvalue weighted by atomic mass is 16.5. The summed E-state index contributed by atoms with van der Waals surface area (Å²) in [5.74, 6) is 0.989. The normalized spacial score (nSPS) is 16.6. The van der Waals surface area contributed by atoms with E-state index in [1.807, 2.05) is 0 Å². The van der Waals surface area contributed by atoms with Gasteiger partial charge >= 0.3 is 5.97 Å². The number of aromatic nitrogens is 2. The third kappa shape index (κ3) is 2.48. The minimum Gasteiger partial charge on any atom is -0.464 e. The van der Waals surface area contributed by atoms with E-state index in [4.69, 9.17) is 0 Å². The van der Waals surface area contributed by atoms with Crippen LogP contribution in [0.3, 0.4) is 0 Å². The van der Waals surface area contributed by atoms with E-state index in [0.717, 1.165) is 5.92 Å². The SMILES string of the molecule is COC(=O)c1ccc(NC(C)C2CC2)nn1. The first kappa shape index (κ1) is 10.9. The van der Waals surface area contributed by atoms with Gasteiger partial charge in [-0.05, 0) is 37.8 Å². The van der Waals surface area contributed by atoms with Gasteiger partial charge in [-0.3, -0.25) is 0 Å². The van der Waals surface area contributed by atoms with Crippen LogP contribution < -0.4 is 5.32 Å². The fourth-order valence-corrected chi connectivity index (χ4v) is 1.57. The van der Waals surface area contributed by atoms with Crippen LogP contribution in [0.1, 0.15) is 30.3 Å². The lowest BCUT2D eigenvalue weighted by molar-refractivity contribution is 0.0593. The highest BCUT2D eigenvalue weighted by molar-refractivity contribution is 5.86. The molecule has 0 bridgehead atoms. The second kappa shape index (κ2) is 4.47. The van der Waals surface area contributed by atoms with Crippen molar-refractivity contribution >= 4 is 11.8 Å². The van der Waals surface area contributed by atoms with Gasteiger partial charge in [-0.2, -0.15) is 0 Å². The summed E-state index contributed by atoms with van der Waals surface area (Å²) >= 11 is 0. The third-order valence-electron chi connectivity index (χ3n) is 2.76. The molecule has 1 aliphatic carbocycles. The fourth-order valence-electron chi connectivity index (χ4n) is 1.57. The Bertz CT molecular complexity index is 373. The number of methoxy groups -OCH3 is 1. The Hall–Kier alpha value is -1.65. The van der Waals surface area contributed by atoms with Crippen LogP contribution in [0.5, 0.6) is 0 Å². The number of hydrogen-bond donors (Lipinski definition) is 1. The van der Waals surface area contributed by atoms with Crippen LogP contribution in [-0.2, 0) is 4.74 Å². The van der Waals surface area contributed by atoms with Gasteiger partial charge in [0.1, 0.15) is 5.82 Å². The topological polar surface area (TPSA) is 64.1 Å². The van der Waals surface area contributed by atoms with E-state index in [0.29, 0.717) is 11.9 Å². The molecule has 1 unspecified atom stereocenters. The van der Waals surface area contributed by atoms with E-state index in [-0.39, 0.29) is 5.69 Å². The summed E-state index contributed by atoms with van der Waals surface area (Å²) in [6, 6.07) is 3.78. The lowest BCUT2D eigenvalue weighted by Gasteiger charge is -2.12. The lowest BCUT2D eigenvalue weighted by atomic mass is 10.2. The Labute approximate surface area is 94.2 Å². The van der Waals surface area contributed by atoms with Crippen LogP contribution in [-0.4, -0.2) is 29.3 Å². The molecular weight excluding hydrogens is 206 g/mol. The predicted molar refractivity (Wildman–Crippen MR) is 59.2 cm³/mol. The Balaban J connectivity index is 1.98. The van der Waals surface area contributed by atoms with Gasteiger partial charge in [0.2, 0.25) is 0 Å². The van der Waals surface area contributed by atoms with Crippen molar-refractivity contribution in [1.29, 1.82) is 0 Å². The molecule has 1 saturated carbocycles. The smallest absolute Gasteiger partial charge is 0.358 e. The fraction of sp³-hybridized carbons (Fsp3) is 0.545. The summed E-state index contributed by atoms with van der Waals surface area (Å²) in [6.07, 6.45) is 2.56. The van der Waals surface area contributed by atoms with Gasteiger partial charge in [-0.1, -0.05) is 0 Å². The Morgan fingerprint density at radius 2 is 2.25 bits per heavy atom. The maximum atomic E-state index is 11.1. The highest BCUT2D eigenvalue weighted by Gasteiger charge is 2.28. The van der Waals surface area contributed by atoms with Gasteiger partial charge in [0.15, 0.2) is 5.69 Å². The van der Waals surface area contributed by atoms with Crippen molar-refractivity contribution in [2.75, 3.05) is 12.4 Å². The average molecular weight is 221 g/mol. The number of nitrogens with zero attached hydrogens (tertiary/aromatic N) is 2. The number of anilines is 1. The van der Waals surface area contributed by atoms with Crippen molar-refractivity contribution in [2.24, 2.45) is 5.92 Å². The van der Waals surface area contributed by atoms with E-state index >= 15 is 0 Å². The molecule has 0 radical (unpaired) electrons. The largest absolute Gasteiger partial charge is 0.464 e. The van der Waals surface area contributed by atoms with Gasteiger partial charge in [-0.15, -0.1) is 10.2 Å². The minimum absolute atomic E-state index is 0.229. The number of rotatable bonds is 4. The van der Waals surface area contributed by atoms with Crippen LogP contribution in [0.25, 0.3) is 0 Å². The van der Waals surface area contributed by atoms with Gasteiger partial charge < -0.3 is 10.1 Å². The van der Waals surface area contributed by atoms with Crippen LogP contribution in [0.15, 0.2) is 12.1 Å². The van der Waals surface area contributed by atoms with Crippen molar-refractivity contribution in [3.63, 3.8) is 0 Å². The van der Waals surface area contributed by atoms with Crippen LogP contribution >= 0.6 is 0 Å². The number of ether oxygens (including phenoxy) is 1. The number of esters is 1. The molecule has 0 saturated heterocycles. The molecule has 5 nitrogen and oxygen atoms in total. The minimum atomic E-state index is -0.464. The Kier molecular flexibility index (Phi) is 3.03. The van der Waals surface area contributed by atoms with Crippen molar-refractivity contribution < 1.29 is 9.53 Å². The molecule has 86 valence electrons. The molecule has 1 N–H and O–H groups in total. The van der Waals surface area contributed by atoms with Gasteiger partial charge in [0.05, 0.1) is 7.11 Å². The third-order valence-corrected chi connectivity index (χ3v) is 2.76. The van der Waals surface area contributed by atoms with Crippen molar-refractivity contribution in [2.45, 2.75) is 25.8 Å². The van der Waals surface area contributed by atoms with Gasteiger partial charge in [0.25, 0.3) is 0 Å². The Morgan fingerprint density at radius 3 is 2.75 bits per heavy atom. The molecule has 1 atom stereocenters. The van der Waals surface area contributed by atoms with E-state index in [1.165, 1.54) is 20.0 Å². The molecule has 0 spiro atoms. The zero-order valence-electron chi connectivity index (χ0n) is 9.43. The summed E-state index contributed by atoms with van der Waals surface area (Å²) in [7, 11) is 1.32. The molecule has 1 aromatic rings. The van der Waals surface area contributed by atoms with Crippen molar-refractivity contribution in [1.82, 2.24) is 10.2 Å². The molecule has 2 rings (SSSR count). The predicted octanol–water partition coefficient (Wildman–Crippen LogP) is 1.47. The highest BCUT2D eigenvalue weighted by Crippen LogP contribution is 2.33. The number of hydrogen-bond acceptors (Lipinski definition) is 5. The van der Waals surface area contributed by atoms with Gasteiger partial charge in [-0.25, -0.2) is 4.79 Å². The summed E-state index contributed by atoms with van der Waals surface area (Å²) in [5.41, 5.74) is 0.229. The lowest BCUT2D eigenvalue weighted by Crippen LogP contribution is -2.18. The van der Waals surface area contributed by atoms with E-state index < -0.39 is 5.97 Å². The van der Waals surface area contributed by atoms with E-state index in [2.05, 4.69) is 27.2 Å². The standard InChI is InChI=1S/C11H15N3O2/c1-7(8-3-4-8)12-10-6-5-9(13-14-10)11(15)16-2/h5-8H,3-4H2,1-2H3,(H,12,14). The zero-order valence-corrected chi connectivity index (χ0v) is 9.43. The summed E-state index contributed by atoms with van der Waals surface area (Å²) in [4.78, 5) is 11.1. The average Bonchev–Trinajstić information content (AvgIpc) is 3.13. The zero-order chi connectivity index (χ0) is 11.5. The Morgan fingerprint density at radius 1 is 1.50 bits per heavy atom. The summed E-state index contributed by atoms with van der Waals surface area (Å²) in [5, 5.41) is 11.0. The molecular formula is C11H15N3O2. The first-order chi connectivity index (χ1) is 7.70. The summed E-state index contributed by atoms with van der Waals surface area (Å²) in [6.45, 7) is 2.13. The molecule has 1 fully saturated rings.